The van der Waals surface area contributed by atoms with Crippen LogP contribution in [-0.4, -0.2) is 0 Å². The maximum Gasteiger partial charge on any atom is 0.144 e. The van der Waals surface area contributed by atoms with Crippen molar-refractivity contribution in [3.05, 3.63) is 58.0 Å². The lowest BCUT2D eigenvalue weighted by Crippen LogP contribution is -1.76. The van der Waals surface area contributed by atoms with E-state index in [1.807, 2.05) is 36.4 Å². The van der Waals surface area contributed by atoms with Crippen LogP contribution in [0.15, 0.2) is 57.4 Å². The van der Waals surface area contributed by atoms with E-state index in [1.165, 1.54) is 0 Å². The van der Waals surface area contributed by atoms with Crippen LogP contribution in [-0.2, 0) is 0 Å². The van der Waals surface area contributed by atoms with E-state index >= 15 is 0 Å². The molecule has 4 rings (SSSR count). The van der Waals surface area contributed by atoms with Gasteiger partial charge in [0.1, 0.15) is 11.2 Å². The maximum atomic E-state index is 6.10. The predicted molar refractivity (Wildman–Crippen MR) is 83.9 cm³/mol. The molecular formula is C16H8BrClO. The van der Waals surface area contributed by atoms with Crippen LogP contribution >= 0.6 is 27.5 Å². The smallest absolute Gasteiger partial charge is 0.144 e. The van der Waals surface area contributed by atoms with Gasteiger partial charge in [-0.2, -0.15) is 0 Å². The molecule has 19 heavy (non-hydrogen) atoms. The van der Waals surface area contributed by atoms with Crippen LogP contribution in [0, 0.1) is 0 Å². The highest BCUT2D eigenvalue weighted by Crippen LogP contribution is 2.39. The highest BCUT2D eigenvalue weighted by molar-refractivity contribution is 9.10. The monoisotopic (exact) mass is 330 g/mol. The van der Waals surface area contributed by atoms with Crippen molar-refractivity contribution in [3.63, 3.8) is 0 Å². The number of rotatable bonds is 0. The van der Waals surface area contributed by atoms with Crippen molar-refractivity contribution >= 4 is 60.2 Å². The van der Waals surface area contributed by atoms with Crippen LogP contribution < -0.4 is 0 Å². The highest BCUT2D eigenvalue weighted by atomic mass is 79.9. The van der Waals surface area contributed by atoms with Crippen molar-refractivity contribution in [1.29, 1.82) is 0 Å². The minimum Gasteiger partial charge on any atom is -0.455 e. The lowest BCUT2D eigenvalue weighted by molar-refractivity contribution is 0.672. The number of benzene rings is 3. The van der Waals surface area contributed by atoms with Gasteiger partial charge in [-0.05, 0) is 45.6 Å². The molecule has 0 aliphatic heterocycles. The molecule has 0 saturated carbocycles. The third kappa shape index (κ3) is 1.60. The zero-order chi connectivity index (χ0) is 13.0. The zero-order valence-corrected chi connectivity index (χ0v) is 12.1. The summed E-state index contributed by atoms with van der Waals surface area (Å²) in [6.07, 6.45) is 0. The minimum absolute atomic E-state index is 0.719. The predicted octanol–water partition coefficient (Wildman–Crippen LogP) is 6.16. The van der Waals surface area contributed by atoms with E-state index in [-0.39, 0.29) is 0 Å². The van der Waals surface area contributed by atoms with E-state index in [9.17, 15) is 0 Å². The molecule has 0 aliphatic rings. The Morgan fingerprint density at radius 1 is 0.947 bits per heavy atom. The average molecular weight is 332 g/mol. The average Bonchev–Trinajstić information content (AvgIpc) is 2.80. The molecule has 0 amide bonds. The molecule has 3 aromatic carbocycles. The summed E-state index contributed by atoms with van der Waals surface area (Å²) < 4.78 is 7.06. The van der Waals surface area contributed by atoms with E-state index in [0.29, 0.717) is 0 Å². The Bertz CT molecular complexity index is 940. The summed E-state index contributed by atoms with van der Waals surface area (Å²) in [6, 6.07) is 16.0. The number of furan rings is 1. The Hall–Kier alpha value is -1.51. The van der Waals surface area contributed by atoms with Crippen LogP contribution in [0.3, 0.4) is 0 Å². The lowest BCUT2D eigenvalue weighted by atomic mass is 10.1. The largest absolute Gasteiger partial charge is 0.455 e. The van der Waals surface area contributed by atoms with Gasteiger partial charge in [0.15, 0.2) is 0 Å². The highest BCUT2D eigenvalue weighted by Gasteiger charge is 2.13. The van der Waals surface area contributed by atoms with E-state index < -0.39 is 0 Å². The SMILES string of the molecule is Clc1ccc2cc(Br)c3c4ccccc4oc3c2c1. The molecule has 92 valence electrons. The number of fused-ring (bicyclic) bond motifs is 5. The molecular weight excluding hydrogens is 324 g/mol. The van der Waals surface area contributed by atoms with Gasteiger partial charge in [0, 0.05) is 25.7 Å². The van der Waals surface area contributed by atoms with Crippen molar-refractivity contribution < 1.29 is 4.42 Å². The van der Waals surface area contributed by atoms with Gasteiger partial charge in [0.2, 0.25) is 0 Å². The summed E-state index contributed by atoms with van der Waals surface area (Å²) in [6.45, 7) is 0. The molecule has 0 atom stereocenters. The first-order valence-electron chi connectivity index (χ1n) is 5.93. The first-order valence-corrected chi connectivity index (χ1v) is 7.10. The Morgan fingerprint density at radius 3 is 2.68 bits per heavy atom. The fourth-order valence-electron chi connectivity index (χ4n) is 2.53. The van der Waals surface area contributed by atoms with E-state index in [1.54, 1.807) is 0 Å². The number of halogens is 2. The summed E-state index contributed by atoms with van der Waals surface area (Å²) in [5.41, 5.74) is 1.78. The quantitative estimate of drug-likeness (QED) is 0.376. The number of hydrogen-bond donors (Lipinski definition) is 0. The van der Waals surface area contributed by atoms with Gasteiger partial charge in [-0.15, -0.1) is 0 Å². The summed E-state index contributed by atoms with van der Waals surface area (Å²) in [7, 11) is 0. The first-order chi connectivity index (χ1) is 9.24. The van der Waals surface area contributed by atoms with Gasteiger partial charge < -0.3 is 4.42 Å². The molecule has 1 aromatic heterocycles. The van der Waals surface area contributed by atoms with E-state index in [4.69, 9.17) is 16.0 Å². The first kappa shape index (κ1) is 11.3. The third-order valence-electron chi connectivity index (χ3n) is 3.38. The Labute approximate surface area is 122 Å². The number of para-hydroxylation sites is 1. The second-order valence-electron chi connectivity index (χ2n) is 4.53. The van der Waals surface area contributed by atoms with Gasteiger partial charge in [-0.3, -0.25) is 0 Å². The normalized spacial score (nSPS) is 11.7. The van der Waals surface area contributed by atoms with Crippen LogP contribution in [0.1, 0.15) is 0 Å². The lowest BCUT2D eigenvalue weighted by Gasteiger charge is -2.02. The van der Waals surface area contributed by atoms with Gasteiger partial charge in [-0.25, -0.2) is 0 Å². The van der Waals surface area contributed by atoms with Crippen molar-refractivity contribution in [1.82, 2.24) is 0 Å². The molecule has 3 heteroatoms. The van der Waals surface area contributed by atoms with Gasteiger partial charge in [0.25, 0.3) is 0 Å². The molecule has 1 nitrogen and oxygen atoms in total. The molecule has 4 aromatic rings. The molecule has 0 saturated heterocycles. The van der Waals surface area contributed by atoms with Crippen molar-refractivity contribution in [3.8, 4) is 0 Å². The summed E-state index contributed by atoms with van der Waals surface area (Å²) in [5, 5.41) is 5.10. The molecule has 0 radical (unpaired) electrons. The second kappa shape index (κ2) is 3.99. The fraction of sp³-hybridized carbons (Fsp3) is 0. The maximum absolute atomic E-state index is 6.10. The van der Waals surface area contributed by atoms with E-state index in [2.05, 4.69) is 28.1 Å². The summed E-state index contributed by atoms with van der Waals surface area (Å²) in [4.78, 5) is 0. The molecule has 1 heterocycles. The van der Waals surface area contributed by atoms with E-state index in [0.717, 1.165) is 42.2 Å². The van der Waals surface area contributed by atoms with Crippen molar-refractivity contribution in [2.45, 2.75) is 0 Å². The van der Waals surface area contributed by atoms with Gasteiger partial charge in [0.05, 0.1) is 0 Å². The van der Waals surface area contributed by atoms with Gasteiger partial charge in [-0.1, -0.05) is 35.9 Å². The van der Waals surface area contributed by atoms with Crippen LogP contribution in [0.2, 0.25) is 5.02 Å². The van der Waals surface area contributed by atoms with Crippen LogP contribution in [0.5, 0.6) is 0 Å². The molecule has 0 spiro atoms. The van der Waals surface area contributed by atoms with Crippen LogP contribution in [0.25, 0.3) is 32.7 Å². The summed E-state index contributed by atoms with van der Waals surface area (Å²) >= 11 is 9.75. The van der Waals surface area contributed by atoms with Crippen molar-refractivity contribution in [2.24, 2.45) is 0 Å². The zero-order valence-electron chi connectivity index (χ0n) is 9.78. The minimum atomic E-state index is 0.719. The van der Waals surface area contributed by atoms with Gasteiger partial charge >= 0.3 is 0 Å². The molecule has 0 N–H and O–H groups in total. The molecule has 0 bridgehead atoms. The molecule has 0 aliphatic carbocycles. The van der Waals surface area contributed by atoms with Crippen molar-refractivity contribution in [2.75, 3.05) is 0 Å². The second-order valence-corrected chi connectivity index (χ2v) is 5.82. The fourth-order valence-corrected chi connectivity index (χ4v) is 3.34. The topological polar surface area (TPSA) is 13.1 Å². The Balaban J connectivity index is 2.35. The number of hydrogen-bond acceptors (Lipinski definition) is 1. The van der Waals surface area contributed by atoms with Crippen LogP contribution in [0.4, 0.5) is 0 Å². The molecule has 0 fully saturated rings. The Kier molecular flexibility index (Phi) is 2.38. The summed E-state index contributed by atoms with van der Waals surface area (Å²) in [5.74, 6) is 0. The third-order valence-corrected chi connectivity index (χ3v) is 4.24. The Morgan fingerprint density at radius 2 is 1.79 bits per heavy atom. The standard InChI is InChI=1S/C16H8BrClO/c17-13-7-9-5-6-10(18)8-12(9)16-15(13)11-3-1-2-4-14(11)19-16/h1-8H. The molecule has 0 unspecified atom stereocenters.